The van der Waals surface area contributed by atoms with Gasteiger partial charge in [-0.3, -0.25) is 9.48 Å². The maximum Gasteiger partial charge on any atom is 0.391 e. The number of nitrogens with one attached hydrogen (secondary N) is 2. The molecule has 0 aliphatic heterocycles. The highest BCUT2D eigenvalue weighted by atomic mass is 35.5. The van der Waals surface area contributed by atoms with Crippen molar-refractivity contribution in [1.29, 1.82) is 0 Å². The van der Waals surface area contributed by atoms with Gasteiger partial charge in [-0.05, 0) is 44.4 Å². The molecule has 2 fully saturated rings. The number of carbonyl (C=O) groups excluding carboxylic acids is 1. The fourth-order valence-electron chi connectivity index (χ4n) is 4.93. The minimum atomic E-state index is -4.26. The molecule has 0 atom stereocenters. The zero-order valence-corrected chi connectivity index (χ0v) is 21.6. The number of pyridine rings is 1. The van der Waals surface area contributed by atoms with Crippen molar-refractivity contribution in [1.82, 2.24) is 20.1 Å². The molecular formula is C25H33ClF3N5O2. The summed E-state index contributed by atoms with van der Waals surface area (Å²) in [7, 11) is 1.46. The highest BCUT2D eigenvalue weighted by Crippen LogP contribution is 2.47. The molecule has 0 aromatic carbocycles. The third kappa shape index (κ3) is 6.07. The summed E-state index contributed by atoms with van der Waals surface area (Å²) in [5, 5.41) is 10.5. The number of methoxy groups -OCH3 is 1. The van der Waals surface area contributed by atoms with Crippen LogP contribution in [0.25, 0.3) is 11.3 Å². The molecule has 0 spiro atoms. The molecule has 0 radical (unpaired) electrons. The summed E-state index contributed by atoms with van der Waals surface area (Å²) < 4.78 is 46.0. The van der Waals surface area contributed by atoms with Gasteiger partial charge >= 0.3 is 6.18 Å². The Morgan fingerprint density at radius 2 is 1.97 bits per heavy atom. The van der Waals surface area contributed by atoms with Crippen molar-refractivity contribution in [2.45, 2.75) is 77.1 Å². The smallest absolute Gasteiger partial charge is 0.391 e. The molecule has 4 rings (SSSR count). The molecule has 36 heavy (non-hydrogen) atoms. The lowest BCUT2D eigenvalue weighted by Crippen LogP contribution is -2.31. The third-order valence-corrected chi connectivity index (χ3v) is 7.58. The number of nitrogens with zero attached hydrogens (tertiary/aromatic N) is 3. The summed E-state index contributed by atoms with van der Waals surface area (Å²) in [6, 6.07) is 1.55. The van der Waals surface area contributed by atoms with E-state index in [0.29, 0.717) is 48.9 Å². The molecule has 0 unspecified atom stereocenters. The normalized spacial score (nSPS) is 21.2. The van der Waals surface area contributed by atoms with E-state index in [2.05, 4.69) is 27.6 Å². The first-order valence-corrected chi connectivity index (χ1v) is 12.9. The molecule has 7 nitrogen and oxygen atoms in total. The second-order valence-electron chi connectivity index (χ2n) is 10.1. The van der Waals surface area contributed by atoms with E-state index in [4.69, 9.17) is 16.3 Å². The number of amides is 1. The Kier molecular flexibility index (Phi) is 7.73. The van der Waals surface area contributed by atoms with Crippen LogP contribution in [0.4, 0.5) is 19.0 Å². The van der Waals surface area contributed by atoms with Gasteiger partial charge in [-0.1, -0.05) is 31.4 Å². The fourth-order valence-corrected chi connectivity index (χ4v) is 5.25. The van der Waals surface area contributed by atoms with Gasteiger partial charge in [-0.15, -0.1) is 0 Å². The summed E-state index contributed by atoms with van der Waals surface area (Å²) in [6.07, 6.45) is 1.69. The van der Waals surface area contributed by atoms with Crippen molar-refractivity contribution in [3.05, 3.63) is 23.0 Å². The zero-order chi connectivity index (χ0) is 26.1. The molecular weight excluding hydrogens is 495 g/mol. The van der Waals surface area contributed by atoms with Crippen LogP contribution in [0.3, 0.4) is 0 Å². The Bertz CT molecular complexity index is 1090. The van der Waals surface area contributed by atoms with Crippen molar-refractivity contribution in [3.8, 4) is 17.0 Å². The third-order valence-electron chi connectivity index (χ3n) is 7.22. The van der Waals surface area contributed by atoms with Crippen LogP contribution in [0.1, 0.15) is 69.3 Å². The van der Waals surface area contributed by atoms with E-state index in [9.17, 15) is 18.0 Å². The largest absolute Gasteiger partial charge is 0.496 e. The van der Waals surface area contributed by atoms with E-state index in [1.165, 1.54) is 26.1 Å². The highest BCUT2D eigenvalue weighted by molar-refractivity contribution is 6.36. The lowest BCUT2D eigenvalue weighted by molar-refractivity contribution is -0.138. The Morgan fingerprint density at radius 3 is 2.56 bits per heavy atom. The first kappa shape index (κ1) is 26.6. The van der Waals surface area contributed by atoms with Gasteiger partial charge in [0.25, 0.3) is 5.91 Å². The van der Waals surface area contributed by atoms with E-state index in [1.54, 1.807) is 10.7 Å². The molecule has 11 heteroatoms. The maximum atomic E-state index is 13.0. The predicted octanol–water partition coefficient (Wildman–Crippen LogP) is 6.08. The Morgan fingerprint density at radius 1 is 1.28 bits per heavy atom. The molecule has 2 aliphatic carbocycles. The quantitative estimate of drug-likeness (QED) is 0.413. The summed E-state index contributed by atoms with van der Waals surface area (Å²) in [5.74, 6) is 1.51. The number of rotatable bonds is 9. The van der Waals surface area contributed by atoms with Crippen LogP contribution in [-0.4, -0.2) is 46.0 Å². The maximum absolute atomic E-state index is 13.0. The summed E-state index contributed by atoms with van der Waals surface area (Å²) in [4.78, 5) is 17.3. The average Bonchev–Trinajstić information content (AvgIpc) is 3.48. The first-order chi connectivity index (χ1) is 17.0. The molecule has 2 aromatic heterocycles. The fraction of sp³-hybridized carbons (Fsp3) is 0.640. The molecule has 2 aliphatic rings. The van der Waals surface area contributed by atoms with E-state index in [1.807, 2.05) is 6.92 Å². The Hall–Kier alpha value is -2.49. The predicted molar refractivity (Wildman–Crippen MR) is 132 cm³/mol. The van der Waals surface area contributed by atoms with Crippen LogP contribution in [0.15, 0.2) is 12.3 Å². The summed E-state index contributed by atoms with van der Waals surface area (Å²) >= 11 is 6.67. The second kappa shape index (κ2) is 10.5. The minimum Gasteiger partial charge on any atom is -0.496 e. The summed E-state index contributed by atoms with van der Waals surface area (Å²) in [5.41, 5.74) is 0.0815. The number of anilines is 1. The van der Waals surface area contributed by atoms with Crippen molar-refractivity contribution < 1.29 is 22.7 Å². The van der Waals surface area contributed by atoms with E-state index in [-0.39, 0.29) is 22.4 Å². The van der Waals surface area contributed by atoms with Gasteiger partial charge in [0, 0.05) is 30.9 Å². The molecule has 0 bridgehead atoms. The van der Waals surface area contributed by atoms with Crippen LogP contribution >= 0.6 is 11.6 Å². The second-order valence-corrected chi connectivity index (χ2v) is 10.5. The Balaban J connectivity index is 1.53. The van der Waals surface area contributed by atoms with Gasteiger partial charge < -0.3 is 15.4 Å². The molecule has 2 N–H and O–H groups in total. The monoisotopic (exact) mass is 527 g/mol. The van der Waals surface area contributed by atoms with Crippen molar-refractivity contribution >= 4 is 23.3 Å². The molecule has 198 valence electrons. The van der Waals surface area contributed by atoms with Gasteiger partial charge in [0.05, 0.1) is 29.8 Å². The molecule has 2 aromatic rings. The Labute approximate surface area is 214 Å². The van der Waals surface area contributed by atoms with Crippen LogP contribution in [0.5, 0.6) is 5.75 Å². The number of halogens is 4. The van der Waals surface area contributed by atoms with Crippen molar-refractivity contribution in [2.75, 3.05) is 19.0 Å². The minimum absolute atomic E-state index is 0.129. The first-order valence-electron chi connectivity index (χ1n) is 12.5. The number of alkyl halides is 3. The van der Waals surface area contributed by atoms with Crippen LogP contribution < -0.4 is 15.4 Å². The number of hydrogen-bond donors (Lipinski definition) is 2. The SMILES string of the molecule is CCn1nc(C(=O)NCC2CCC(C)CC2)c(Cl)c1-c1cnc(NC2(CC(F)(F)F)CC2)cc1OC. The lowest BCUT2D eigenvalue weighted by Gasteiger charge is -2.26. The zero-order valence-electron chi connectivity index (χ0n) is 20.8. The van der Waals surface area contributed by atoms with Gasteiger partial charge in [0.15, 0.2) is 5.69 Å². The average molecular weight is 528 g/mol. The number of aryl methyl sites for hydroxylation is 1. The topological polar surface area (TPSA) is 81.1 Å². The standard InChI is InChI=1S/C25H33ClF3N5O2/c1-4-34-22(20(26)21(33-34)23(35)31-12-16-7-5-15(2)6-8-16)17-13-30-19(11-18(17)36-3)32-24(9-10-24)14-25(27,28)29/h11,13,15-16H,4-10,12,14H2,1-3H3,(H,30,32)(H,31,35). The highest BCUT2D eigenvalue weighted by Gasteiger charge is 2.51. The van der Waals surface area contributed by atoms with Crippen LogP contribution in [0.2, 0.25) is 5.02 Å². The number of hydrogen-bond acceptors (Lipinski definition) is 5. The van der Waals surface area contributed by atoms with Crippen LogP contribution in [0, 0.1) is 11.8 Å². The molecule has 1 amide bonds. The number of carbonyl (C=O) groups is 1. The number of aromatic nitrogens is 3. The lowest BCUT2D eigenvalue weighted by atomic mass is 9.83. The van der Waals surface area contributed by atoms with Crippen molar-refractivity contribution in [2.24, 2.45) is 11.8 Å². The van der Waals surface area contributed by atoms with E-state index in [0.717, 1.165) is 18.8 Å². The van der Waals surface area contributed by atoms with Crippen molar-refractivity contribution in [3.63, 3.8) is 0 Å². The molecule has 0 saturated heterocycles. The van der Waals surface area contributed by atoms with Gasteiger partial charge in [0.2, 0.25) is 0 Å². The van der Waals surface area contributed by atoms with Crippen LogP contribution in [-0.2, 0) is 6.54 Å². The molecule has 2 heterocycles. The van der Waals surface area contributed by atoms with Gasteiger partial charge in [-0.2, -0.15) is 18.3 Å². The van der Waals surface area contributed by atoms with Gasteiger partial charge in [0.1, 0.15) is 11.6 Å². The number of ether oxygens (including phenoxy) is 1. The van der Waals surface area contributed by atoms with Gasteiger partial charge in [-0.25, -0.2) is 4.98 Å². The summed E-state index contributed by atoms with van der Waals surface area (Å²) in [6.45, 7) is 5.16. The molecule has 2 saturated carbocycles. The van der Waals surface area contributed by atoms with E-state index >= 15 is 0 Å². The van der Waals surface area contributed by atoms with E-state index < -0.39 is 18.1 Å².